The van der Waals surface area contributed by atoms with Crippen LogP contribution in [0.3, 0.4) is 0 Å². The maximum atomic E-state index is 6.38. The molecule has 0 unspecified atom stereocenters. The maximum Gasteiger partial charge on any atom is 0.238 e. The van der Waals surface area contributed by atoms with Crippen LogP contribution in [-0.2, 0) is 0 Å². The molecule has 0 amide bonds. The fourth-order valence-electron chi connectivity index (χ4n) is 8.00. The first-order chi connectivity index (χ1) is 26.8. The third kappa shape index (κ3) is 4.76. The van der Waals surface area contributed by atoms with Crippen molar-refractivity contribution < 1.29 is 4.42 Å². The molecule has 0 saturated carbocycles. The highest BCUT2D eigenvalue weighted by atomic mass is 16.3. The summed E-state index contributed by atoms with van der Waals surface area (Å²) in [5, 5.41) is 6.69. The van der Waals surface area contributed by atoms with Crippen molar-refractivity contribution in [2.45, 2.75) is 0 Å². The first kappa shape index (κ1) is 30.3. The number of hydrogen-bond donors (Lipinski definition) is 0. The summed E-state index contributed by atoms with van der Waals surface area (Å²) in [7, 11) is 0. The molecule has 54 heavy (non-hydrogen) atoms. The lowest BCUT2D eigenvalue weighted by atomic mass is 9.97. The van der Waals surface area contributed by atoms with E-state index >= 15 is 0 Å². The average Bonchev–Trinajstić information content (AvgIpc) is 3.81. The first-order valence-electron chi connectivity index (χ1n) is 18.1. The number of nitrogens with zero attached hydrogens (tertiary/aromatic N) is 4. The van der Waals surface area contributed by atoms with Crippen molar-refractivity contribution in [2.75, 3.05) is 0 Å². The standard InChI is InChI=1S/C49H30N4O/c1-3-13-31(14-4-1)32-25-27-35(28-26-32)48-50-47(34-16-5-2-6-17-34)51-49(52-48)53-45-36-18-8-7-15-33(36)29-30-40(45)39-22-11-21-38(46(39)53)37-20-12-24-43-44(37)41-19-9-10-23-42(41)54-43/h1-30H. The van der Waals surface area contributed by atoms with Gasteiger partial charge in [-0.3, -0.25) is 4.57 Å². The molecule has 11 aromatic rings. The SMILES string of the molecule is c1ccc(-c2ccc(-c3nc(-c4ccccc4)nc(-n4c5c(-c6cccc7oc8ccccc8c67)cccc5c5ccc6ccccc6c54)n3)cc2)cc1. The summed E-state index contributed by atoms with van der Waals surface area (Å²) in [5.74, 6) is 1.77. The summed E-state index contributed by atoms with van der Waals surface area (Å²) >= 11 is 0. The number of fused-ring (bicyclic) bond motifs is 8. The number of rotatable bonds is 5. The minimum Gasteiger partial charge on any atom is -0.456 e. The van der Waals surface area contributed by atoms with Gasteiger partial charge in [0.15, 0.2) is 11.6 Å². The van der Waals surface area contributed by atoms with E-state index in [9.17, 15) is 0 Å². The van der Waals surface area contributed by atoms with Crippen molar-refractivity contribution in [1.29, 1.82) is 0 Å². The Labute approximate surface area is 310 Å². The molecule has 0 spiro atoms. The summed E-state index contributed by atoms with van der Waals surface area (Å²) in [6.45, 7) is 0. The molecule has 5 nitrogen and oxygen atoms in total. The van der Waals surface area contributed by atoms with Crippen LogP contribution in [0.5, 0.6) is 0 Å². The van der Waals surface area contributed by atoms with Gasteiger partial charge in [-0.2, -0.15) is 9.97 Å². The van der Waals surface area contributed by atoms with Crippen molar-refractivity contribution in [3.8, 4) is 51.0 Å². The molecule has 3 aromatic heterocycles. The number of benzene rings is 8. The van der Waals surface area contributed by atoms with Crippen molar-refractivity contribution in [2.24, 2.45) is 0 Å². The Balaban J connectivity index is 1.25. The van der Waals surface area contributed by atoms with E-state index < -0.39 is 0 Å². The monoisotopic (exact) mass is 690 g/mol. The quantitative estimate of drug-likeness (QED) is 0.180. The predicted molar refractivity (Wildman–Crippen MR) is 221 cm³/mol. The predicted octanol–water partition coefficient (Wildman–Crippen LogP) is 12.7. The second kappa shape index (κ2) is 12.1. The zero-order chi connectivity index (χ0) is 35.6. The van der Waals surface area contributed by atoms with Crippen molar-refractivity contribution in [3.63, 3.8) is 0 Å². The van der Waals surface area contributed by atoms with Crippen LogP contribution in [-0.4, -0.2) is 19.5 Å². The number of aromatic nitrogens is 4. The molecule has 5 heteroatoms. The van der Waals surface area contributed by atoms with Crippen LogP contribution < -0.4 is 0 Å². The molecular weight excluding hydrogens is 661 g/mol. The van der Waals surface area contributed by atoms with Crippen LogP contribution in [0.1, 0.15) is 0 Å². The van der Waals surface area contributed by atoms with Crippen LogP contribution in [0.15, 0.2) is 186 Å². The summed E-state index contributed by atoms with van der Waals surface area (Å²) in [6.07, 6.45) is 0. The van der Waals surface area contributed by atoms with Crippen molar-refractivity contribution in [1.82, 2.24) is 19.5 Å². The summed E-state index contributed by atoms with van der Waals surface area (Å²) in [4.78, 5) is 15.8. The second-order valence-corrected chi connectivity index (χ2v) is 13.6. The second-order valence-electron chi connectivity index (χ2n) is 13.6. The molecule has 0 radical (unpaired) electrons. The highest BCUT2D eigenvalue weighted by Gasteiger charge is 2.23. The fraction of sp³-hybridized carbons (Fsp3) is 0. The van der Waals surface area contributed by atoms with Crippen LogP contribution >= 0.6 is 0 Å². The lowest BCUT2D eigenvalue weighted by molar-refractivity contribution is 0.669. The molecule has 0 N–H and O–H groups in total. The molecule has 0 aliphatic rings. The first-order valence-corrected chi connectivity index (χ1v) is 18.1. The van der Waals surface area contributed by atoms with E-state index in [4.69, 9.17) is 19.4 Å². The highest BCUT2D eigenvalue weighted by molar-refractivity contribution is 6.23. The van der Waals surface area contributed by atoms with Gasteiger partial charge in [0.05, 0.1) is 11.0 Å². The Morgan fingerprint density at radius 3 is 1.70 bits per heavy atom. The van der Waals surface area contributed by atoms with E-state index in [-0.39, 0.29) is 0 Å². The minimum absolute atomic E-state index is 0.555. The van der Waals surface area contributed by atoms with Gasteiger partial charge < -0.3 is 4.42 Å². The number of hydrogen-bond acceptors (Lipinski definition) is 4. The zero-order valence-electron chi connectivity index (χ0n) is 29.0. The Kier molecular flexibility index (Phi) is 6.79. The molecule has 0 bridgehead atoms. The Hall–Kier alpha value is -7.37. The van der Waals surface area contributed by atoms with Gasteiger partial charge in [-0.15, -0.1) is 0 Å². The highest BCUT2D eigenvalue weighted by Crippen LogP contribution is 2.44. The van der Waals surface area contributed by atoms with E-state index in [1.54, 1.807) is 0 Å². The van der Waals surface area contributed by atoms with Crippen LogP contribution in [0.2, 0.25) is 0 Å². The fourth-order valence-corrected chi connectivity index (χ4v) is 8.00. The average molecular weight is 691 g/mol. The molecule has 3 heterocycles. The van der Waals surface area contributed by atoms with E-state index in [2.05, 4.69) is 150 Å². The van der Waals surface area contributed by atoms with E-state index in [0.717, 1.165) is 87.9 Å². The molecular formula is C49H30N4O. The largest absolute Gasteiger partial charge is 0.456 e. The third-order valence-corrected chi connectivity index (χ3v) is 10.5. The Bertz CT molecular complexity index is 3200. The van der Waals surface area contributed by atoms with Gasteiger partial charge >= 0.3 is 0 Å². The van der Waals surface area contributed by atoms with Crippen LogP contribution in [0, 0.1) is 0 Å². The normalized spacial score (nSPS) is 11.7. The number of para-hydroxylation sites is 2. The lowest BCUT2D eigenvalue weighted by Crippen LogP contribution is -2.07. The van der Waals surface area contributed by atoms with Crippen LogP contribution in [0.4, 0.5) is 0 Å². The minimum atomic E-state index is 0.555. The van der Waals surface area contributed by atoms with E-state index in [1.807, 2.05) is 36.4 Å². The summed E-state index contributed by atoms with van der Waals surface area (Å²) in [6, 6.07) is 63.2. The smallest absolute Gasteiger partial charge is 0.238 e. The van der Waals surface area contributed by atoms with E-state index in [1.165, 1.54) is 0 Å². The van der Waals surface area contributed by atoms with Gasteiger partial charge in [0, 0.05) is 43.6 Å². The third-order valence-electron chi connectivity index (χ3n) is 10.5. The summed E-state index contributed by atoms with van der Waals surface area (Å²) in [5.41, 5.74) is 10.1. The zero-order valence-corrected chi connectivity index (χ0v) is 29.0. The van der Waals surface area contributed by atoms with Gasteiger partial charge in [0.25, 0.3) is 0 Å². The molecule has 0 aliphatic carbocycles. The molecule has 252 valence electrons. The van der Waals surface area contributed by atoms with Crippen LogP contribution in [0.25, 0.3) is 105 Å². The molecule has 8 aromatic carbocycles. The van der Waals surface area contributed by atoms with Gasteiger partial charge in [0.2, 0.25) is 5.95 Å². The lowest BCUT2D eigenvalue weighted by Gasteiger charge is -2.14. The van der Waals surface area contributed by atoms with Gasteiger partial charge in [0.1, 0.15) is 11.2 Å². The van der Waals surface area contributed by atoms with Gasteiger partial charge in [-0.25, -0.2) is 4.98 Å². The summed E-state index contributed by atoms with van der Waals surface area (Å²) < 4.78 is 8.65. The number of furan rings is 1. The maximum absolute atomic E-state index is 6.38. The topological polar surface area (TPSA) is 56.7 Å². The Morgan fingerprint density at radius 1 is 0.352 bits per heavy atom. The van der Waals surface area contributed by atoms with Gasteiger partial charge in [-0.1, -0.05) is 170 Å². The van der Waals surface area contributed by atoms with E-state index in [0.29, 0.717) is 17.6 Å². The molecule has 0 atom stereocenters. The van der Waals surface area contributed by atoms with Crippen molar-refractivity contribution in [3.05, 3.63) is 182 Å². The van der Waals surface area contributed by atoms with Gasteiger partial charge in [-0.05, 0) is 34.2 Å². The Morgan fingerprint density at radius 2 is 0.907 bits per heavy atom. The molecule has 0 fully saturated rings. The molecule has 0 aliphatic heterocycles. The molecule has 11 rings (SSSR count). The van der Waals surface area contributed by atoms with Crippen molar-refractivity contribution >= 4 is 54.5 Å². The molecule has 0 saturated heterocycles.